The van der Waals surface area contributed by atoms with Crippen LogP contribution < -0.4 is 20.1 Å². The molecule has 0 unspecified atom stereocenters. The van der Waals surface area contributed by atoms with Gasteiger partial charge < -0.3 is 24.8 Å². The number of hydrogen-bond acceptors (Lipinski definition) is 10. The number of thiophene rings is 1. The second kappa shape index (κ2) is 14.4. The topological polar surface area (TPSA) is 134 Å². The third-order valence-electron chi connectivity index (χ3n) is 6.85. The number of nitrogens with zero attached hydrogens (tertiary/aromatic N) is 3. The van der Waals surface area contributed by atoms with E-state index >= 15 is 0 Å². The first-order valence-electron chi connectivity index (χ1n) is 14.3. The second-order valence-corrected chi connectivity index (χ2v) is 11.7. The van der Waals surface area contributed by atoms with Crippen molar-refractivity contribution in [3.05, 3.63) is 75.9 Å². The van der Waals surface area contributed by atoms with E-state index in [9.17, 15) is 14.4 Å². The summed E-state index contributed by atoms with van der Waals surface area (Å²) >= 11 is 2.63. The van der Waals surface area contributed by atoms with Gasteiger partial charge in [0.1, 0.15) is 16.5 Å². The van der Waals surface area contributed by atoms with Crippen molar-refractivity contribution in [2.75, 3.05) is 31.4 Å². The van der Waals surface area contributed by atoms with E-state index in [0.29, 0.717) is 45.2 Å². The van der Waals surface area contributed by atoms with Crippen molar-refractivity contribution in [2.45, 2.75) is 44.8 Å². The number of anilines is 1. The first kappa shape index (κ1) is 31.1. The summed E-state index contributed by atoms with van der Waals surface area (Å²) in [4.78, 5) is 39.9. The van der Waals surface area contributed by atoms with Gasteiger partial charge in [0.25, 0.3) is 5.91 Å². The molecule has 44 heavy (non-hydrogen) atoms. The molecule has 2 aromatic carbocycles. The maximum absolute atomic E-state index is 13.1. The van der Waals surface area contributed by atoms with Gasteiger partial charge in [-0.15, -0.1) is 21.5 Å². The molecule has 11 nitrogen and oxygen atoms in total. The van der Waals surface area contributed by atoms with Crippen molar-refractivity contribution < 1.29 is 28.6 Å². The molecule has 4 aromatic rings. The fourth-order valence-corrected chi connectivity index (χ4v) is 6.98. The van der Waals surface area contributed by atoms with Gasteiger partial charge in [-0.25, -0.2) is 4.79 Å². The second-order valence-electron chi connectivity index (χ2n) is 9.66. The minimum absolute atomic E-state index is 0.0214. The molecule has 2 N–H and O–H groups in total. The first-order valence-corrected chi connectivity index (χ1v) is 16.1. The predicted molar refractivity (Wildman–Crippen MR) is 168 cm³/mol. The van der Waals surface area contributed by atoms with Gasteiger partial charge in [0.15, 0.2) is 11.0 Å². The lowest BCUT2D eigenvalue weighted by Crippen LogP contribution is -2.25. The van der Waals surface area contributed by atoms with Crippen molar-refractivity contribution in [1.29, 1.82) is 0 Å². The van der Waals surface area contributed by atoms with Crippen LogP contribution >= 0.6 is 23.1 Å². The number of esters is 1. The highest BCUT2D eigenvalue weighted by Crippen LogP contribution is 2.39. The average Bonchev–Trinajstić information content (AvgIpc) is 3.74. The molecular weight excluding hydrogens is 603 g/mol. The van der Waals surface area contributed by atoms with E-state index in [2.05, 4.69) is 20.8 Å². The van der Waals surface area contributed by atoms with Crippen molar-refractivity contribution in [2.24, 2.45) is 0 Å². The summed E-state index contributed by atoms with van der Waals surface area (Å²) in [6.45, 7) is 4.55. The van der Waals surface area contributed by atoms with Crippen LogP contribution in [0.2, 0.25) is 0 Å². The summed E-state index contributed by atoms with van der Waals surface area (Å²) in [6, 6.07) is 14.4. The molecule has 2 amide bonds. The summed E-state index contributed by atoms with van der Waals surface area (Å²) in [5, 5.41) is 15.5. The minimum Gasteiger partial charge on any atom is -0.496 e. The summed E-state index contributed by atoms with van der Waals surface area (Å²) in [6.07, 6.45) is 2.67. The lowest BCUT2D eigenvalue weighted by atomic mass is 10.1. The Bertz CT molecular complexity index is 1650. The lowest BCUT2D eigenvalue weighted by molar-refractivity contribution is -0.113. The molecule has 1 aliphatic rings. The number of fused-ring (bicyclic) bond motifs is 1. The van der Waals surface area contributed by atoms with Crippen LogP contribution in [0.5, 0.6) is 11.5 Å². The molecule has 2 aromatic heterocycles. The number of aromatic nitrogens is 3. The Labute approximate surface area is 263 Å². The molecule has 2 heterocycles. The maximum atomic E-state index is 13.1. The largest absolute Gasteiger partial charge is 0.496 e. The zero-order valence-corrected chi connectivity index (χ0v) is 26.3. The summed E-state index contributed by atoms with van der Waals surface area (Å²) in [5.41, 5.74) is 2.58. The van der Waals surface area contributed by atoms with Crippen LogP contribution in [0.1, 0.15) is 57.2 Å². The number of carbonyl (C=O) groups excluding carboxylic acids is 3. The zero-order valence-electron chi connectivity index (χ0n) is 24.7. The molecule has 0 aliphatic heterocycles. The minimum atomic E-state index is -0.412. The quantitative estimate of drug-likeness (QED) is 0.153. The fourth-order valence-electron chi connectivity index (χ4n) is 4.92. The third-order valence-corrected chi connectivity index (χ3v) is 8.99. The number of benzene rings is 2. The fraction of sp³-hybridized carbons (Fsp3) is 0.323. The van der Waals surface area contributed by atoms with Crippen LogP contribution in [0, 0.1) is 0 Å². The number of hydrogen-bond donors (Lipinski definition) is 2. The number of rotatable bonds is 13. The standard InChI is InChI=1S/C31H33N5O6S2/c1-4-41-20-15-13-19(14-16-20)36-25(17-32-28(38)21-9-6-7-11-23(21)40-3)34-35-31(36)43-18-26(37)33-29-27(30(39)42-5-2)22-10-8-12-24(22)44-29/h6-7,9,11,13-16H,4-5,8,10,12,17-18H2,1-3H3,(H,32,38)(H,33,37). The van der Waals surface area contributed by atoms with E-state index in [4.69, 9.17) is 14.2 Å². The normalized spacial score (nSPS) is 12.0. The van der Waals surface area contributed by atoms with Crippen LogP contribution in [0.15, 0.2) is 53.7 Å². The van der Waals surface area contributed by atoms with E-state index in [1.165, 1.54) is 30.2 Å². The van der Waals surface area contributed by atoms with E-state index in [0.717, 1.165) is 35.4 Å². The van der Waals surface area contributed by atoms with E-state index in [1.807, 2.05) is 31.2 Å². The van der Waals surface area contributed by atoms with Gasteiger partial charge in [0.2, 0.25) is 5.91 Å². The monoisotopic (exact) mass is 635 g/mol. The highest BCUT2D eigenvalue weighted by Gasteiger charge is 2.28. The van der Waals surface area contributed by atoms with Crippen LogP contribution in [0.25, 0.3) is 5.69 Å². The molecule has 0 saturated heterocycles. The Morgan fingerprint density at radius 3 is 2.57 bits per heavy atom. The number of ether oxygens (including phenoxy) is 3. The van der Waals surface area contributed by atoms with Crippen LogP contribution in [-0.4, -0.2) is 58.6 Å². The molecule has 0 bridgehead atoms. The van der Waals surface area contributed by atoms with Gasteiger partial charge in [-0.3, -0.25) is 14.2 Å². The number of para-hydroxylation sites is 1. The van der Waals surface area contributed by atoms with Crippen LogP contribution in [-0.2, 0) is 28.9 Å². The number of thioether (sulfide) groups is 1. The highest BCUT2D eigenvalue weighted by molar-refractivity contribution is 7.99. The van der Waals surface area contributed by atoms with Gasteiger partial charge in [-0.2, -0.15) is 0 Å². The molecule has 0 spiro atoms. The van der Waals surface area contributed by atoms with E-state index in [1.54, 1.807) is 35.8 Å². The number of amides is 2. The first-order chi connectivity index (χ1) is 21.4. The Balaban J connectivity index is 1.34. The van der Waals surface area contributed by atoms with E-state index in [-0.39, 0.29) is 30.7 Å². The highest BCUT2D eigenvalue weighted by atomic mass is 32.2. The Morgan fingerprint density at radius 2 is 1.82 bits per heavy atom. The average molecular weight is 636 g/mol. The van der Waals surface area contributed by atoms with Crippen molar-refractivity contribution in [1.82, 2.24) is 20.1 Å². The molecule has 0 fully saturated rings. The van der Waals surface area contributed by atoms with E-state index < -0.39 is 5.97 Å². The summed E-state index contributed by atoms with van der Waals surface area (Å²) in [7, 11) is 1.51. The van der Waals surface area contributed by atoms with Crippen molar-refractivity contribution >= 4 is 45.9 Å². The molecular formula is C31H33N5O6S2. The third kappa shape index (κ3) is 6.89. The van der Waals surface area contributed by atoms with Crippen molar-refractivity contribution in [3.8, 4) is 17.2 Å². The Morgan fingerprint density at radius 1 is 1.02 bits per heavy atom. The number of nitrogens with one attached hydrogen (secondary N) is 2. The number of aryl methyl sites for hydroxylation is 1. The maximum Gasteiger partial charge on any atom is 0.341 e. The zero-order chi connectivity index (χ0) is 31.1. The molecule has 230 valence electrons. The smallest absolute Gasteiger partial charge is 0.341 e. The number of carbonyl (C=O) groups is 3. The van der Waals surface area contributed by atoms with Gasteiger partial charge in [0.05, 0.1) is 43.7 Å². The Kier molecular flexibility index (Phi) is 10.2. The summed E-state index contributed by atoms with van der Waals surface area (Å²) in [5.74, 6) is 0.648. The van der Waals surface area contributed by atoms with Crippen molar-refractivity contribution in [3.63, 3.8) is 0 Å². The molecule has 0 radical (unpaired) electrons. The molecule has 5 rings (SSSR count). The lowest BCUT2D eigenvalue weighted by Gasteiger charge is -2.13. The van der Waals surface area contributed by atoms with Gasteiger partial charge in [0, 0.05) is 10.6 Å². The number of methoxy groups -OCH3 is 1. The molecule has 0 saturated carbocycles. The SMILES string of the molecule is CCOC(=O)c1c(NC(=O)CSc2nnc(CNC(=O)c3ccccc3OC)n2-c2ccc(OCC)cc2)sc2c1CCC2. The molecule has 13 heteroatoms. The van der Waals surface area contributed by atoms with Gasteiger partial charge in [-0.1, -0.05) is 23.9 Å². The van der Waals surface area contributed by atoms with Gasteiger partial charge in [-0.05, 0) is 75.1 Å². The predicted octanol–water partition coefficient (Wildman–Crippen LogP) is 5.06. The van der Waals surface area contributed by atoms with Crippen LogP contribution in [0.3, 0.4) is 0 Å². The van der Waals surface area contributed by atoms with Gasteiger partial charge >= 0.3 is 5.97 Å². The molecule has 1 aliphatic carbocycles. The Hall–Kier alpha value is -4.36. The summed E-state index contributed by atoms with van der Waals surface area (Å²) < 4.78 is 18.0. The van der Waals surface area contributed by atoms with Crippen LogP contribution in [0.4, 0.5) is 5.00 Å². The molecule has 0 atom stereocenters.